The van der Waals surface area contributed by atoms with Gasteiger partial charge in [0.2, 0.25) is 5.91 Å². The summed E-state index contributed by atoms with van der Waals surface area (Å²) in [6, 6.07) is 19.2. The van der Waals surface area contributed by atoms with Crippen molar-refractivity contribution in [2.24, 2.45) is 0 Å². The smallest absolute Gasteiger partial charge is 0.227 e. The number of hydrogen-bond donors (Lipinski definition) is 0. The van der Waals surface area contributed by atoms with Crippen molar-refractivity contribution >= 4 is 11.6 Å². The third-order valence-corrected chi connectivity index (χ3v) is 3.26. The maximum Gasteiger partial charge on any atom is 0.227 e. The molecule has 0 saturated heterocycles. The molecule has 0 aliphatic heterocycles. The summed E-state index contributed by atoms with van der Waals surface area (Å²) < 4.78 is 0. The number of amides is 1. The van der Waals surface area contributed by atoms with E-state index in [1.54, 1.807) is 11.0 Å². The van der Waals surface area contributed by atoms with Crippen LogP contribution in [0.3, 0.4) is 0 Å². The van der Waals surface area contributed by atoms with Gasteiger partial charge in [-0.3, -0.25) is 4.79 Å². The number of carbonyl (C=O) groups is 1. The molecule has 0 N–H and O–H groups in total. The Bertz CT molecular complexity index is 644. The van der Waals surface area contributed by atoms with E-state index in [4.69, 9.17) is 0 Å². The zero-order valence-electron chi connectivity index (χ0n) is 12.1. The summed E-state index contributed by atoms with van der Waals surface area (Å²) in [6.07, 6.45) is 1.27. The fourth-order valence-corrected chi connectivity index (χ4v) is 2.23. The van der Waals surface area contributed by atoms with E-state index in [1.165, 1.54) is 0 Å². The van der Waals surface area contributed by atoms with Gasteiger partial charge in [-0.15, -0.1) is 0 Å². The van der Waals surface area contributed by atoms with Gasteiger partial charge in [-0.1, -0.05) is 49.4 Å². The van der Waals surface area contributed by atoms with Crippen LogP contribution in [-0.4, -0.2) is 5.91 Å². The Hall–Kier alpha value is -2.60. The summed E-state index contributed by atoms with van der Waals surface area (Å²) >= 11 is 0. The van der Waals surface area contributed by atoms with Crippen molar-refractivity contribution in [1.29, 1.82) is 5.26 Å². The lowest BCUT2D eigenvalue weighted by Crippen LogP contribution is -2.30. The maximum atomic E-state index is 12.4. The molecule has 3 nitrogen and oxygen atoms in total. The van der Waals surface area contributed by atoms with Crippen molar-refractivity contribution in [3.05, 3.63) is 65.7 Å². The molecule has 3 heteroatoms. The maximum absolute atomic E-state index is 12.4. The highest BCUT2D eigenvalue weighted by Crippen LogP contribution is 2.23. The van der Waals surface area contributed by atoms with Crippen molar-refractivity contribution in [3.8, 4) is 6.07 Å². The van der Waals surface area contributed by atoms with Gasteiger partial charge in [0, 0.05) is 6.42 Å². The Morgan fingerprint density at radius 1 is 1.10 bits per heavy atom. The minimum Gasteiger partial charge on any atom is -0.307 e. The molecule has 21 heavy (non-hydrogen) atoms. The monoisotopic (exact) mass is 278 g/mol. The van der Waals surface area contributed by atoms with Crippen LogP contribution in [-0.2, 0) is 11.3 Å². The predicted octanol–water partition coefficient (Wildman–Crippen LogP) is 3.89. The lowest BCUT2D eigenvalue weighted by Gasteiger charge is -2.24. The first kappa shape index (κ1) is 14.8. The molecule has 0 fully saturated rings. The number of nitriles is 1. The Morgan fingerprint density at radius 3 is 2.43 bits per heavy atom. The van der Waals surface area contributed by atoms with Gasteiger partial charge in [0.05, 0.1) is 17.8 Å². The van der Waals surface area contributed by atoms with Crippen LogP contribution in [0.4, 0.5) is 5.69 Å². The molecule has 0 heterocycles. The molecule has 2 aromatic carbocycles. The lowest BCUT2D eigenvalue weighted by molar-refractivity contribution is -0.118. The highest BCUT2D eigenvalue weighted by Gasteiger charge is 2.18. The van der Waals surface area contributed by atoms with Crippen LogP contribution in [0.2, 0.25) is 0 Å². The van der Waals surface area contributed by atoms with E-state index in [9.17, 15) is 10.1 Å². The van der Waals surface area contributed by atoms with Gasteiger partial charge in [0.25, 0.3) is 0 Å². The van der Waals surface area contributed by atoms with Crippen molar-refractivity contribution < 1.29 is 4.79 Å². The van der Waals surface area contributed by atoms with Crippen molar-refractivity contribution in [1.82, 2.24) is 0 Å². The Morgan fingerprint density at radius 2 is 1.76 bits per heavy atom. The van der Waals surface area contributed by atoms with Crippen LogP contribution in [0, 0.1) is 11.3 Å². The SMILES string of the molecule is CCCC(=O)N(Cc1ccccc1)c1ccccc1C#N. The molecular weight excluding hydrogens is 260 g/mol. The lowest BCUT2D eigenvalue weighted by atomic mass is 10.1. The van der Waals surface area contributed by atoms with Crippen molar-refractivity contribution in [2.45, 2.75) is 26.3 Å². The van der Waals surface area contributed by atoms with Crippen molar-refractivity contribution in [2.75, 3.05) is 4.90 Å². The standard InChI is InChI=1S/C18H18N2O/c1-2-8-18(21)20(14-15-9-4-3-5-10-15)17-12-7-6-11-16(17)13-19/h3-7,9-12H,2,8,14H2,1H3. The van der Waals surface area contributed by atoms with E-state index in [2.05, 4.69) is 6.07 Å². The van der Waals surface area contributed by atoms with Crippen LogP contribution in [0.25, 0.3) is 0 Å². The van der Waals surface area contributed by atoms with Gasteiger partial charge >= 0.3 is 0 Å². The molecule has 0 spiro atoms. The molecule has 2 aromatic rings. The molecule has 106 valence electrons. The second-order valence-corrected chi connectivity index (χ2v) is 4.84. The number of hydrogen-bond acceptors (Lipinski definition) is 2. The van der Waals surface area contributed by atoms with E-state index in [0.717, 1.165) is 12.0 Å². The number of nitrogens with zero attached hydrogens (tertiary/aromatic N) is 2. The van der Waals surface area contributed by atoms with Crippen LogP contribution >= 0.6 is 0 Å². The molecular formula is C18H18N2O. The summed E-state index contributed by atoms with van der Waals surface area (Å²) in [7, 11) is 0. The highest BCUT2D eigenvalue weighted by molar-refractivity contribution is 5.94. The molecule has 0 aliphatic carbocycles. The fraction of sp³-hybridized carbons (Fsp3) is 0.222. The summed E-state index contributed by atoms with van der Waals surface area (Å²) in [5, 5.41) is 9.26. The third-order valence-electron chi connectivity index (χ3n) is 3.26. The van der Waals surface area contributed by atoms with Crippen LogP contribution < -0.4 is 4.90 Å². The molecule has 1 amide bonds. The minimum atomic E-state index is 0.0454. The van der Waals surface area contributed by atoms with Crippen LogP contribution in [0.5, 0.6) is 0 Å². The minimum absolute atomic E-state index is 0.0454. The quantitative estimate of drug-likeness (QED) is 0.832. The Kier molecular flexibility index (Phi) is 5.11. The van der Waals surface area contributed by atoms with E-state index < -0.39 is 0 Å². The van der Waals surface area contributed by atoms with Gasteiger partial charge < -0.3 is 4.90 Å². The summed E-state index contributed by atoms with van der Waals surface area (Å²) in [5.41, 5.74) is 2.26. The van der Waals surface area contributed by atoms with Gasteiger partial charge in [-0.05, 0) is 24.1 Å². The Balaban J connectivity index is 2.37. The second kappa shape index (κ2) is 7.25. The van der Waals surface area contributed by atoms with E-state index in [0.29, 0.717) is 24.2 Å². The first-order chi connectivity index (χ1) is 10.3. The average Bonchev–Trinajstić information content (AvgIpc) is 2.54. The molecule has 0 unspecified atom stereocenters. The molecule has 0 aromatic heterocycles. The molecule has 0 bridgehead atoms. The third kappa shape index (κ3) is 3.70. The summed E-state index contributed by atoms with van der Waals surface area (Å²) in [4.78, 5) is 14.1. The van der Waals surface area contributed by atoms with Gasteiger partial charge in [0.1, 0.15) is 6.07 Å². The largest absolute Gasteiger partial charge is 0.307 e. The number of anilines is 1. The topological polar surface area (TPSA) is 44.1 Å². The number of carbonyl (C=O) groups excluding carboxylic acids is 1. The second-order valence-electron chi connectivity index (χ2n) is 4.84. The molecule has 0 aliphatic rings. The molecule has 0 atom stereocenters. The summed E-state index contributed by atoms with van der Waals surface area (Å²) in [6.45, 7) is 2.47. The number of benzene rings is 2. The van der Waals surface area contributed by atoms with E-state index >= 15 is 0 Å². The van der Waals surface area contributed by atoms with E-state index in [-0.39, 0.29) is 5.91 Å². The number of rotatable bonds is 5. The van der Waals surface area contributed by atoms with Crippen LogP contribution in [0.15, 0.2) is 54.6 Å². The highest BCUT2D eigenvalue weighted by atomic mass is 16.2. The molecule has 0 radical (unpaired) electrons. The average molecular weight is 278 g/mol. The van der Waals surface area contributed by atoms with E-state index in [1.807, 2.05) is 55.5 Å². The zero-order chi connectivity index (χ0) is 15.1. The van der Waals surface area contributed by atoms with Crippen LogP contribution in [0.1, 0.15) is 30.9 Å². The molecule has 0 saturated carbocycles. The van der Waals surface area contributed by atoms with Crippen molar-refractivity contribution in [3.63, 3.8) is 0 Å². The first-order valence-corrected chi connectivity index (χ1v) is 7.09. The van der Waals surface area contributed by atoms with Gasteiger partial charge in [-0.25, -0.2) is 0 Å². The Labute approximate surface area is 125 Å². The fourth-order valence-electron chi connectivity index (χ4n) is 2.23. The van der Waals surface area contributed by atoms with Gasteiger partial charge in [-0.2, -0.15) is 5.26 Å². The number of para-hydroxylation sites is 1. The first-order valence-electron chi connectivity index (χ1n) is 7.09. The zero-order valence-corrected chi connectivity index (χ0v) is 12.1. The van der Waals surface area contributed by atoms with Gasteiger partial charge in [0.15, 0.2) is 0 Å². The normalized spacial score (nSPS) is 9.90. The summed E-state index contributed by atoms with van der Waals surface area (Å²) in [5.74, 6) is 0.0454. The molecule has 2 rings (SSSR count). The predicted molar refractivity (Wildman–Crippen MR) is 83.7 cm³/mol.